The maximum atomic E-state index is 9.67. The van der Waals surface area contributed by atoms with Crippen molar-refractivity contribution in [2.45, 2.75) is 19.9 Å². The summed E-state index contributed by atoms with van der Waals surface area (Å²) in [4.78, 5) is 13.3. The van der Waals surface area contributed by atoms with Gasteiger partial charge in [0.25, 0.3) is 0 Å². The van der Waals surface area contributed by atoms with Crippen LogP contribution in [0.25, 0.3) is 11.3 Å². The Balaban J connectivity index is 2.01. The van der Waals surface area contributed by atoms with Gasteiger partial charge in [0.1, 0.15) is 11.6 Å². The summed E-state index contributed by atoms with van der Waals surface area (Å²) in [5.74, 6) is 1.81. The maximum absolute atomic E-state index is 9.67. The number of hydrogen-bond donors (Lipinski definition) is 3. The second-order valence-electron chi connectivity index (χ2n) is 6.85. The molecule has 2 aromatic heterocycles. The van der Waals surface area contributed by atoms with Crippen molar-refractivity contribution < 1.29 is 9.84 Å². The van der Waals surface area contributed by atoms with E-state index in [1.807, 2.05) is 32.0 Å². The maximum Gasteiger partial charge on any atom is 0.225 e. The summed E-state index contributed by atoms with van der Waals surface area (Å²) in [5, 5.41) is 16.7. The SMILES string of the molecule is COc1ccc(Cl)cc1Nc1cc(-c2cccnc2)nc(N[C@H](CO)C(C)C)n1. The number of aliphatic hydroxyl groups is 1. The third kappa shape index (κ3) is 5.34. The fraction of sp³-hybridized carbons (Fsp3) is 0.286. The Morgan fingerprint density at radius 1 is 1.17 bits per heavy atom. The first-order valence-electron chi connectivity index (χ1n) is 9.27. The lowest BCUT2D eigenvalue weighted by molar-refractivity contribution is 0.248. The van der Waals surface area contributed by atoms with Crippen LogP contribution in [0.15, 0.2) is 48.8 Å². The highest BCUT2D eigenvalue weighted by atomic mass is 35.5. The van der Waals surface area contributed by atoms with Crippen LogP contribution in [0.4, 0.5) is 17.5 Å². The summed E-state index contributed by atoms with van der Waals surface area (Å²) in [7, 11) is 1.59. The van der Waals surface area contributed by atoms with Gasteiger partial charge >= 0.3 is 0 Å². The summed E-state index contributed by atoms with van der Waals surface area (Å²) >= 11 is 6.14. The second-order valence-corrected chi connectivity index (χ2v) is 7.29. The molecule has 29 heavy (non-hydrogen) atoms. The summed E-state index contributed by atoms with van der Waals surface area (Å²) < 4.78 is 5.41. The zero-order valence-corrected chi connectivity index (χ0v) is 17.3. The van der Waals surface area contributed by atoms with Crippen LogP contribution in [-0.2, 0) is 0 Å². The molecule has 3 N–H and O–H groups in total. The first-order chi connectivity index (χ1) is 14.0. The molecule has 0 bridgehead atoms. The predicted molar refractivity (Wildman–Crippen MR) is 116 cm³/mol. The van der Waals surface area contributed by atoms with Crippen molar-refractivity contribution in [1.82, 2.24) is 15.0 Å². The van der Waals surface area contributed by atoms with Gasteiger partial charge < -0.3 is 20.5 Å². The van der Waals surface area contributed by atoms with Gasteiger partial charge in [-0.15, -0.1) is 0 Å². The van der Waals surface area contributed by atoms with Crippen molar-refractivity contribution in [1.29, 1.82) is 0 Å². The molecular formula is C21H24ClN5O2. The summed E-state index contributed by atoms with van der Waals surface area (Å²) in [6, 6.07) is 10.7. The molecule has 0 saturated carbocycles. The average molecular weight is 414 g/mol. The molecule has 3 aromatic rings. The molecule has 0 spiro atoms. The zero-order valence-electron chi connectivity index (χ0n) is 16.6. The number of benzene rings is 1. The largest absolute Gasteiger partial charge is 0.495 e. The van der Waals surface area contributed by atoms with Crippen molar-refractivity contribution in [3.63, 3.8) is 0 Å². The lowest BCUT2D eigenvalue weighted by Gasteiger charge is -2.21. The van der Waals surface area contributed by atoms with E-state index < -0.39 is 0 Å². The van der Waals surface area contributed by atoms with Gasteiger partial charge in [0.2, 0.25) is 5.95 Å². The van der Waals surface area contributed by atoms with Crippen LogP contribution < -0.4 is 15.4 Å². The van der Waals surface area contributed by atoms with Crippen LogP contribution in [0, 0.1) is 5.92 Å². The molecule has 3 rings (SSSR count). The van der Waals surface area contributed by atoms with E-state index in [2.05, 4.69) is 25.6 Å². The standard InChI is InChI=1S/C21H24ClN5O2/c1-13(2)18(12-28)26-21-25-16(14-5-4-8-23-11-14)10-20(27-21)24-17-9-15(22)6-7-19(17)29-3/h4-11,13,18,28H,12H2,1-3H3,(H2,24,25,26,27)/t18-/m1/s1. The molecule has 0 radical (unpaired) electrons. The number of pyridine rings is 1. The summed E-state index contributed by atoms with van der Waals surface area (Å²) in [6.07, 6.45) is 3.45. The molecule has 7 nitrogen and oxygen atoms in total. The second kappa shape index (κ2) is 9.54. The normalized spacial score (nSPS) is 11.9. The molecule has 0 fully saturated rings. The van der Waals surface area contributed by atoms with Crippen molar-refractivity contribution in [2.75, 3.05) is 24.4 Å². The van der Waals surface area contributed by atoms with Gasteiger partial charge in [-0.05, 0) is 36.2 Å². The Morgan fingerprint density at radius 3 is 2.66 bits per heavy atom. The number of ether oxygens (including phenoxy) is 1. The minimum Gasteiger partial charge on any atom is -0.495 e. The van der Waals surface area contributed by atoms with Crippen molar-refractivity contribution in [2.24, 2.45) is 5.92 Å². The van der Waals surface area contributed by atoms with Crippen LogP contribution in [-0.4, -0.2) is 39.8 Å². The highest BCUT2D eigenvalue weighted by Gasteiger charge is 2.16. The number of rotatable bonds is 8. The van der Waals surface area contributed by atoms with Crippen LogP contribution >= 0.6 is 11.6 Å². The van der Waals surface area contributed by atoms with E-state index in [-0.39, 0.29) is 18.6 Å². The molecule has 1 aromatic carbocycles. The molecule has 0 aliphatic carbocycles. The number of anilines is 3. The van der Waals surface area contributed by atoms with Crippen molar-refractivity contribution in [3.8, 4) is 17.0 Å². The van der Waals surface area contributed by atoms with Gasteiger partial charge in [-0.1, -0.05) is 25.4 Å². The van der Waals surface area contributed by atoms with E-state index >= 15 is 0 Å². The van der Waals surface area contributed by atoms with Gasteiger partial charge in [-0.3, -0.25) is 4.98 Å². The van der Waals surface area contributed by atoms with Crippen LogP contribution in [0.2, 0.25) is 5.02 Å². The van der Waals surface area contributed by atoms with Gasteiger partial charge in [0.15, 0.2) is 0 Å². The highest BCUT2D eigenvalue weighted by molar-refractivity contribution is 6.31. The minimum atomic E-state index is -0.173. The highest BCUT2D eigenvalue weighted by Crippen LogP contribution is 2.31. The van der Waals surface area contributed by atoms with E-state index in [4.69, 9.17) is 16.3 Å². The Kier molecular flexibility index (Phi) is 6.85. The molecule has 0 saturated heterocycles. The van der Waals surface area contributed by atoms with Gasteiger partial charge in [0.05, 0.1) is 31.1 Å². The summed E-state index contributed by atoms with van der Waals surface area (Å²) in [6.45, 7) is 4.02. The lowest BCUT2D eigenvalue weighted by Crippen LogP contribution is -2.30. The molecular weight excluding hydrogens is 390 g/mol. The van der Waals surface area contributed by atoms with E-state index in [0.717, 1.165) is 5.56 Å². The molecule has 1 atom stereocenters. The molecule has 0 aliphatic heterocycles. The number of hydrogen-bond acceptors (Lipinski definition) is 7. The Morgan fingerprint density at radius 2 is 2.00 bits per heavy atom. The third-order valence-electron chi connectivity index (χ3n) is 4.42. The van der Waals surface area contributed by atoms with E-state index in [9.17, 15) is 5.11 Å². The quantitative estimate of drug-likeness (QED) is 0.504. The monoisotopic (exact) mass is 413 g/mol. The van der Waals surface area contributed by atoms with E-state index in [1.165, 1.54) is 0 Å². The summed E-state index contributed by atoms with van der Waals surface area (Å²) in [5.41, 5.74) is 2.23. The van der Waals surface area contributed by atoms with E-state index in [0.29, 0.717) is 33.9 Å². The van der Waals surface area contributed by atoms with Crippen molar-refractivity contribution >= 4 is 29.1 Å². The Labute approximate surface area is 175 Å². The number of aromatic nitrogens is 3. The van der Waals surface area contributed by atoms with Gasteiger partial charge in [-0.2, -0.15) is 4.98 Å². The fourth-order valence-corrected chi connectivity index (χ4v) is 2.91. The fourth-order valence-electron chi connectivity index (χ4n) is 2.74. The van der Waals surface area contributed by atoms with Gasteiger partial charge in [0, 0.05) is 29.0 Å². The number of halogens is 1. The molecule has 0 unspecified atom stereocenters. The smallest absolute Gasteiger partial charge is 0.225 e. The number of nitrogens with one attached hydrogen (secondary N) is 2. The number of nitrogens with zero attached hydrogens (tertiary/aromatic N) is 3. The number of aliphatic hydroxyl groups excluding tert-OH is 1. The number of methoxy groups -OCH3 is 1. The molecule has 152 valence electrons. The first kappa shape index (κ1) is 20.8. The topological polar surface area (TPSA) is 92.2 Å². The molecule has 0 amide bonds. The first-order valence-corrected chi connectivity index (χ1v) is 9.65. The predicted octanol–water partition coefficient (Wildman–Crippen LogP) is 4.37. The molecule has 8 heteroatoms. The minimum absolute atomic E-state index is 0.0248. The lowest BCUT2D eigenvalue weighted by atomic mass is 10.1. The van der Waals surface area contributed by atoms with Crippen LogP contribution in [0.5, 0.6) is 5.75 Å². The van der Waals surface area contributed by atoms with Crippen molar-refractivity contribution in [3.05, 3.63) is 53.8 Å². The third-order valence-corrected chi connectivity index (χ3v) is 4.66. The Hall–Kier alpha value is -2.90. The molecule has 0 aliphatic rings. The van der Waals surface area contributed by atoms with E-state index in [1.54, 1.807) is 37.7 Å². The zero-order chi connectivity index (χ0) is 20.8. The van der Waals surface area contributed by atoms with Crippen LogP contribution in [0.1, 0.15) is 13.8 Å². The Bertz CT molecular complexity index is 953. The van der Waals surface area contributed by atoms with Crippen LogP contribution in [0.3, 0.4) is 0 Å². The average Bonchev–Trinajstić information content (AvgIpc) is 2.72. The molecule has 2 heterocycles. The van der Waals surface area contributed by atoms with Gasteiger partial charge in [-0.25, -0.2) is 4.98 Å².